The molecule has 0 aliphatic rings. The standard InChI is InChI=1S/C17H9BrN2O3S2/c18-14-6-5-13(25-14)11-8-24-17(19-11)20-16(22)10-7-23-12-4-2-1-3-9(12)15(10)21/h1-8H,(H,19,20,22). The Morgan fingerprint density at radius 2 is 2.04 bits per heavy atom. The molecule has 0 bridgehead atoms. The summed E-state index contributed by atoms with van der Waals surface area (Å²) in [5, 5.41) is 5.32. The summed E-state index contributed by atoms with van der Waals surface area (Å²) < 4.78 is 6.39. The third-order valence-electron chi connectivity index (χ3n) is 3.47. The maximum absolute atomic E-state index is 12.4. The van der Waals surface area contributed by atoms with Gasteiger partial charge in [0.25, 0.3) is 5.91 Å². The minimum absolute atomic E-state index is 0.0469. The van der Waals surface area contributed by atoms with E-state index in [9.17, 15) is 9.59 Å². The van der Waals surface area contributed by atoms with Gasteiger partial charge in [-0.1, -0.05) is 12.1 Å². The lowest BCUT2D eigenvalue weighted by Crippen LogP contribution is -2.21. The van der Waals surface area contributed by atoms with Gasteiger partial charge in [0.2, 0.25) is 5.43 Å². The van der Waals surface area contributed by atoms with Crippen molar-refractivity contribution < 1.29 is 9.21 Å². The normalized spacial score (nSPS) is 10.9. The minimum atomic E-state index is -0.534. The fourth-order valence-electron chi connectivity index (χ4n) is 2.30. The van der Waals surface area contributed by atoms with E-state index >= 15 is 0 Å². The van der Waals surface area contributed by atoms with Gasteiger partial charge in [-0.2, -0.15) is 0 Å². The Morgan fingerprint density at radius 1 is 1.20 bits per heavy atom. The second-order valence-corrected chi connectivity index (χ2v) is 8.39. The van der Waals surface area contributed by atoms with E-state index in [0.717, 1.165) is 14.4 Å². The fourth-order valence-corrected chi connectivity index (χ4v) is 4.42. The number of carbonyl (C=O) groups excluding carboxylic acids is 1. The maximum Gasteiger partial charge on any atom is 0.264 e. The first-order valence-corrected chi connectivity index (χ1v) is 9.64. The van der Waals surface area contributed by atoms with Gasteiger partial charge < -0.3 is 4.42 Å². The first-order chi connectivity index (χ1) is 12.1. The number of hydrogen-bond acceptors (Lipinski definition) is 6. The molecule has 0 aliphatic carbocycles. The summed E-state index contributed by atoms with van der Waals surface area (Å²) in [4.78, 5) is 30.3. The number of anilines is 1. The van der Waals surface area contributed by atoms with Gasteiger partial charge >= 0.3 is 0 Å². The van der Waals surface area contributed by atoms with E-state index in [4.69, 9.17) is 4.42 Å². The Labute approximate surface area is 158 Å². The molecular formula is C17H9BrN2O3S2. The second-order valence-electron chi connectivity index (χ2n) is 5.07. The van der Waals surface area contributed by atoms with Crippen LogP contribution in [0, 0.1) is 0 Å². The van der Waals surface area contributed by atoms with Crippen LogP contribution in [-0.4, -0.2) is 10.9 Å². The van der Waals surface area contributed by atoms with Crippen molar-refractivity contribution in [2.75, 3.05) is 5.32 Å². The van der Waals surface area contributed by atoms with Crippen LogP contribution >= 0.6 is 38.6 Å². The zero-order chi connectivity index (χ0) is 17.4. The number of thiophene rings is 1. The van der Waals surface area contributed by atoms with Crippen molar-refractivity contribution in [2.24, 2.45) is 0 Å². The number of aromatic nitrogens is 1. The molecule has 3 heterocycles. The number of hydrogen-bond donors (Lipinski definition) is 1. The van der Waals surface area contributed by atoms with Gasteiger partial charge in [0.05, 0.1) is 19.7 Å². The number of benzene rings is 1. The van der Waals surface area contributed by atoms with Gasteiger partial charge in [0, 0.05) is 5.38 Å². The van der Waals surface area contributed by atoms with Crippen LogP contribution in [0.2, 0.25) is 0 Å². The van der Waals surface area contributed by atoms with Crippen LogP contribution in [0.3, 0.4) is 0 Å². The molecule has 0 aliphatic heterocycles. The van der Waals surface area contributed by atoms with E-state index in [1.807, 2.05) is 17.5 Å². The smallest absolute Gasteiger partial charge is 0.264 e. The monoisotopic (exact) mass is 432 g/mol. The molecule has 4 aromatic rings. The average Bonchev–Trinajstić information content (AvgIpc) is 3.24. The molecule has 25 heavy (non-hydrogen) atoms. The predicted molar refractivity (Wildman–Crippen MR) is 104 cm³/mol. The van der Waals surface area contributed by atoms with E-state index < -0.39 is 5.91 Å². The molecule has 4 rings (SSSR count). The molecule has 0 unspecified atom stereocenters. The van der Waals surface area contributed by atoms with Gasteiger partial charge in [-0.05, 0) is 40.2 Å². The van der Waals surface area contributed by atoms with Gasteiger partial charge in [-0.3, -0.25) is 14.9 Å². The molecule has 0 fully saturated rings. The molecule has 8 heteroatoms. The van der Waals surface area contributed by atoms with E-state index in [1.165, 1.54) is 17.6 Å². The lowest BCUT2D eigenvalue weighted by molar-refractivity contribution is 0.102. The predicted octanol–water partition coefficient (Wildman–Crippen LogP) is 4.99. The van der Waals surface area contributed by atoms with E-state index in [0.29, 0.717) is 16.1 Å². The number of nitrogens with one attached hydrogen (secondary N) is 1. The highest BCUT2D eigenvalue weighted by molar-refractivity contribution is 9.11. The Bertz CT molecular complexity index is 1150. The van der Waals surface area contributed by atoms with Crippen molar-refractivity contribution in [1.29, 1.82) is 0 Å². The number of nitrogens with zero attached hydrogens (tertiary/aromatic N) is 1. The summed E-state index contributed by atoms with van der Waals surface area (Å²) in [6.45, 7) is 0. The Kier molecular flexibility index (Phi) is 4.24. The average molecular weight is 433 g/mol. The van der Waals surface area contributed by atoms with Crippen LogP contribution in [0.15, 0.2) is 61.0 Å². The van der Waals surface area contributed by atoms with Crippen molar-refractivity contribution in [3.05, 3.63) is 67.6 Å². The summed E-state index contributed by atoms with van der Waals surface area (Å²) >= 11 is 6.27. The SMILES string of the molecule is O=C(Nc1nc(-c2ccc(Br)s2)cs1)c1coc2ccccc2c1=O. The van der Waals surface area contributed by atoms with Crippen LogP contribution in [0.4, 0.5) is 5.13 Å². The van der Waals surface area contributed by atoms with E-state index in [-0.39, 0.29) is 11.0 Å². The first-order valence-electron chi connectivity index (χ1n) is 7.15. The number of fused-ring (bicyclic) bond motifs is 1. The van der Waals surface area contributed by atoms with E-state index in [1.54, 1.807) is 35.6 Å². The third-order valence-corrected chi connectivity index (χ3v) is 5.88. The molecule has 1 N–H and O–H groups in total. The molecule has 3 aromatic heterocycles. The molecular weight excluding hydrogens is 424 g/mol. The van der Waals surface area contributed by atoms with E-state index in [2.05, 4.69) is 26.2 Å². The summed E-state index contributed by atoms with van der Waals surface area (Å²) in [5.41, 5.74) is 0.818. The molecule has 1 amide bonds. The first kappa shape index (κ1) is 16.2. The quantitative estimate of drug-likeness (QED) is 0.494. The molecule has 0 saturated carbocycles. The highest BCUT2D eigenvalue weighted by Crippen LogP contribution is 2.33. The number of para-hydroxylation sites is 1. The summed E-state index contributed by atoms with van der Waals surface area (Å²) in [7, 11) is 0. The molecule has 124 valence electrons. The highest BCUT2D eigenvalue weighted by Gasteiger charge is 2.16. The van der Waals surface area contributed by atoms with Crippen LogP contribution in [0.5, 0.6) is 0 Å². The number of thiazole rings is 1. The molecule has 1 aromatic carbocycles. The maximum atomic E-state index is 12.4. The van der Waals surface area contributed by atoms with Gasteiger partial charge in [-0.25, -0.2) is 4.98 Å². The zero-order valence-electron chi connectivity index (χ0n) is 12.5. The Morgan fingerprint density at radius 3 is 2.84 bits per heavy atom. The van der Waals surface area contributed by atoms with Gasteiger partial charge in [0.1, 0.15) is 17.4 Å². The van der Waals surface area contributed by atoms with Gasteiger partial charge in [0.15, 0.2) is 5.13 Å². The number of rotatable bonds is 3. The van der Waals surface area contributed by atoms with Crippen molar-refractivity contribution >= 4 is 60.6 Å². The van der Waals surface area contributed by atoms with Crippen LogP contribution < -0.4 is 10.7 Å². The number of carbonyl (C=O) groups is 1. The third kappa shape index (κ3) is 3.15. The molecule has 0 saturated heterocycles. The summed E-state index contributed by atoms with van der Waals surface area (Å²) in [6.07, 6.45) is 1.19. The Hall–Kier alpha value is -2.29. The molecule has 0 atom stereocenters. The summed E-state index contributed by atoms with van der Waals surface area (Å²) in [6, 6.07) is 10.7. The zero-order valence-corrected chi connectivity index (χ0v) is 15.7. The van der Waals surface area contributed by atoms with Crippen molar-refractivity contribution in [3.8, 4) is 10.6 Å². The molecule has 5 nitrogen and oxygen atoms in total. The van der Waals surface area contributed by atoms with Crippen LogP contribution in [-0.2, 0) is 0 Å². The molecule has 0 radical (unpaired) electrons. The Balaban J connectivity index is 1.61. The van der Waals surface area contributed by atoms with Crippen LogP contribution in [0.1, 0.15) is 10.4 Å². The fraction of sp³-hybridized carbons (Fsp3) is 0. The number of amides is 1. The van der Waals surface area contributed by atoms with Gasteiger partial charge in [-0.15, -0.1) is 22.7 Å². The lowest BCUT2D eigenvalue weighted by atomic mass is 10.1. The topological polar surface area (TPSA) is 72.2 Å². The van der Waals surface area contributed by atoms with Crippen molar-refractivity contribution in [2.45, 2.75) is 0 Å². The van der Waals surface area contributed by atoms with Crippen LogP contribution in [0.25, 0.3) is 21.5 Å². The number of halogens is 1. The highest BCUT2D eigenvalue weighted by atomic mass is 79.9. The summed E-state index contributed by atoms with van der Waals surface area (Å²) in [5.74, 6) is -0.534. The van der Waals surface area contributed by atoms with Crippen molar-refractivity contribution in [3.63, 3.8) is 0 Å². The second kappa shape index (κ2) is 6.55. The van der Waals surface area contributed by atoms with Crippen molar-refractivity contribution in [1.82, 2.24) is 4.98 Å². The lowest BCUT2D eigenvalue weighted by Gasteiger charge is -2.02. The minimum Gasteiger partial charge on any atom is -0.463 e. The molecule has 0 spiro atoms. The largest absolute Gasteiger partial charge is 0.463 e.